The molecular formula is C38H46O4. The summed E-state index contributed by atoms with van der Waals surface area (Å²) in [5, 5.41) is 43.2. The van der Waals surface area contributed by atoms with Crippen LogP contribution < -0.4 is 0 Å². The van der Waals surface area contributed by atoms with Crippen molar-refractivity contribution >= 4 is 0 Å². The Labute approximate surface area is 251 Å². The molecule has 0 aliphatic rings. The maximum Gasteiger partial charge on any atom is 0.122 e. The first-order valence-electron chi connectivity index (χ1n) is 14.7. The molecule has 0 heterocycles. The summed E-state index contributed by atoms with van der Waals surface area (Å²) in [5.41, 5.74) is 8.86. The van der Waals surface area contributed by atoms with E-state index in [1.165, 1.54) is 0 Å². The number of benzene rings is 4. The number of aromatic hydroxyl groups is 4. The van der Waals surface area contributed by atoms with Crippen LogP contribution in [0.25, 0.3) is 0 Å². The molecule has 4 heteroatoms. The monoisotopic (exact) mass is 566 g/mol. The van der Waals surface area contributed by atoms with Gasteiger partial charge < -0.3 is 20.4 Å². The van der Waals surface area contributed by atoms with E-state index in [-0.39, 0.29) is 28.2 Å². The van der Waals surface area contributed by atoms with Crippen LogP contribution in [-0.2, 0) is 23.7 Å². The van der Waals surface area contributed by atoms with E-state index in [2.05, 4.69) is 53.7 Å². The van der Waals surface area contributed by atoms with Crippen molar-refractivity contribution < 1.29 is 20.4 Å². The van der Waals surface area contributed by atoms with Crippen LogP contribution in [0.2, 0.25) is 0 Å². The number of hydrogen-bond acceptors (Lipinski definition) is 4. The van der Waals surface area contributed by atoms with Gasteiger partial charge in [0.1, 0.15) is 23.0 Å². The Morgan fingerprint density at radius 2 is 0.881 bits per heavy atom. The van der Waals surface area contributed by atoms with E-state index in [1.54, 1.807) is 12.1 Å². The molecular weight excluding hydrogens is 520 g/mol. The lowest BCUT2D eigenvalue weighted by Gasteiger charge is -2.22. The van der Waals surface area contributed by atoms with Gasteiger partial charge >= 0.3 is 0 Å². The number of aryl methyl sites for hydroxylation is 2. The van der Waals surface area contributed by atoms with Crippen molar-refractivity contribution in [3.63, 3.8) is 0 Å². The Morgan fingerprint density at radius 3 is 1.21 bits per heavy atom. The third kappa shape index (κ3) is 6.59. The normalized spacial score (nSPS) is 12.2. The van der Waals surface area contributed by atoms with Gasteiger partial charge in [-0.1, -0.05) is 97.0 Å². The van der Waals surface area contributed by atoms with E-state index < -0.39 is 0 Å². The van der Waals surface area contributed by atoms with Gasteiger partial charge in [-0.2, -0.15) is 0 Å². The highest BCUT2D eigenvalue weighted by molar-refractivity contribution is 5.54. The van der Waals surface area contributed by atoms with Gasteiger partial charge in [-0.3, -0.25) is 0 Å². The van der Waals surface area contributed by atoms with Crippen molar-refractivity contribution in [2.75, 3.05) is 0 Å². The summed E-state index contributed by atoms with van der Waals surface area (Å²) in [6.07, 6.45) is 1.32. The number of rotatable bonds is 6. The molecule has 0 unspecified atom stereocenters. The molecule has 0 fully saturated rings. The molecule has 0 saturated carbocycles. The van der Waals surface area contributed by atoms with Crippen molar-refractivity contribution in [3.8, 4) is 23.0 Å². The molecule has 4 rings (SSSR count). The van der Waals surface area contributed by atoms with Crippen LogP contribution in [-0.4, -0.2) is 20.4 Å². The minimum absolute atomic E-state index is 0.181. The van der Waals surface area contributed by atoms with Crippen LogP contribution >= 0.6 is 0 Å². The summed E-state index contributed by atoms with van der Waals surface area (Å²) in [5.74, 6) is 0.828. The summed E-state index contributed by atoms with van der Waals surface area (Å²) in [6.45, 7) is 18.4. The lowest BCUT2D eigenvalue weighted by atomic mass is 9.83. The van der Waals surface area contributed by atoms with E-state index in [0.29, 0.717) is 24.3 Å². The van der Waals surface area contributed by atoms with Crippen molar-refractivity contribution in [1.29, 1.82) is 0 Å². The minimum Gasteiger partial charge on any atom is -0.508 e. The fourth-order valence-corrected chi connectivity index (χ4v) is 5.86. The molecule has 0 radical (unpaired) electrons. The van der Waals surface area contributed by atoms with Gasteiger partial charge in [0.2, 0.25) is 0 Å². The Balaban J connectivity index is 1.70. The lowest BCUT2D eigenvalue weighted by molar-refractivity contribution is 0.445. The number of phenolic OH excluding ortho intramolecular Hbond substituents is 4. The zero-order valence-corrected chi connectivity index (χ0v) is 26.6. The maximum absolute atomic E-state index is 11.2. The van der Waals surface area contributed by atoms with Crippen LogP contribution in [0.3, 0.4) is 0 Å². The zero-order chi connectivity index (χ0) is 31.1. The third-order valence-electron chi connectivity index (χ3n) is 8.27. The van der Waals surface area contributed by atoms with Gasteiger partial charge in [0.15, 0.2) is 0 Å². The standard InChI is InChI=1S/C38H46O4/c1-22-14-27(16-25-10-12-33(39)31(20-25)37(4,5)6)18-29(35(22)41)24(3)30-19-28(15-23(2)36(30)42)17-26-11-13-34(40)32(21-26)38(7,8)9/h10-15,18-21,24,39-42H,16-17H2,1-9H3. The lowest BCUT2D eigenvalue weighted by Crippen LogP contribution is -2.12. The molecule has 4 nitrogen and oxygen atoms in total. The second-order valence-electron chi connectivity index (χ2n) is 14.0. The maximum atomic E-state index is 11.2. The van der Waals surface area contributed by atoms with Gasteiger partial charge in [0, 0.05) is 17.0 Å². The van der Waals surface area contributed by atoms with Gasteiger partial charge in [-0.25, -0.2) is 0 Å². The number of phenols is 4. The van der Waals surface area contributed by atoms with Crippen molar-refractivity contribution in [2.24, 2.45) is 0 Å². The zero-order valence-electron chi connectivity index (χ0n) is 26.6. The van der Waals surface area contributed by atoms with Crippen LogP contribution in [0.4, 0.5) is 0 Å². The Hall–Kier alpha value is -3.92. The van der Waals surface area contributed by atoms with Crippen LogP contribution in [0.1, 0.15) is 110 Å². The molecule has 0 bridgehead atoms. The molecule has 0 aromatic heterocycles. The molecule has 0 amide bonds. The molecule has 4 N–H and O–H groups in total. The predicted molar refractivity (Wildman–Crippen MR) is 172 cm³/mol. The predicted octanol–water partition coefficient (Wildman–Crippen LogP) is 9.05. The smallest absolute Gasteiger partial charge is 0.122 e. The van der Waals surface area contributed by atoms with Gasteiger partial charge in [-0.05, 0) is 94.2 Å². The van der Waals surface area contributed by atoms with Crippen molar-refractivity contribution in [2.45, 2.75) is 91.9 Å². The molecule has 0 aliphatic heterocycles. The van der Waals surface area contributed by atoms with E-state index in [4.69, 9.17) is 0 Å². The summed E-state index contributed by atoms with van der Waals surface area (Å²) in [6, 6.07) is 19.6. The molecule has 0 atom stereocenters. The molecule has 4 aromatic rings. The quantitative estimate of drug-likeness (QED) is 0.188. The third-order valence-corrected chi connectivity index (χ3v) is 8.27. The van der Waals surface area contributed by atoms with Gasteiger partial charge in [-0.15, -0.1) is 0 Å². The van der Waals surface area contributed by atoms with Gasteiger partial charge in [0.25, 0.3) is 0 Å². The molecule has 42 heavy (non-hydrogen) atoms. The van der Waals surface area contributed by atoms with Crippen molar-refractivity contribution in [3.05, 3.63) is 116 Å². The summed E-state index contributed by atoms with van der Waals surface area (Å²) in [7, 11) is 0. The summed E-state index contributed by atoms with van der Waals surface area (Å²) >= 11 is 0. The topological polar surface area (TPSA) is 80.9 Å². The summed E-state index contributed by atoms with van der Waals surface area (Å²) in [4.78, 5) is 0. The Bertz CT molecular complexity index is 1500. The first-order valence-corrected chi connectivity index (χ1v) is 14.7. The average molecular weight is 567 g/mol. The van der Waals surface area contributed by atoms with Crippen LogP contribution in [0, 0.1) is 13.8 Å². The highest BCUT2D eigenvalue weighted by Crippen LogP contribution is 2.41. The fraction of sp³-hybridized carbons (Fsp3) is 0.368. The van der Waals surface area contributed by atoms with E-state index >= 15 is 0 Å². The average Bonchev–Trinajstić information content (AvgIpc) is 2.88. The van der Waals surface area contributed by atoms with Crippen molar-refractivity contribution in [1.82, 2.24) is 0 Å². The second-order valence-corrected chi connectivity index (χ2v) is 14.0. The first kappa shape index (κ1) is 31.0. The fourth-order valence-electron chi connectivity index (χ4n) is 5.86. The highest BCUT2D eigenvalue weighted by atomic mass is 16.3. The second kappa shape index (κ2) is 11.4. The van der Waals surface area contributed by atoms with Crippen LogP contribution in [0.15, 0.2) is 60.7 Å². The van der Waals surface area contributed by atoms with E-state index in [1.807, 2.05) is 57.2 Å². The van der Waals surface area contributed by atoms with Gasteiger partial charge in [0.05, 0.1) is 0 Å². The van der Waals surface area contributed by atoms with E-state index in [0.717, 1.165) is 55.6 Å². The molecule has 4 aromatic carbocycles. The highest BCUT2D eigenvalue weighted by Gasteiger charge is 2.23. The van der Waals surface area contributed by atoms with E-state index in [9.17, 15) is 20.4 Å². The Kier molecular flexibility index (Phi) is 8.42. The molecule has 222 valence electrons. The van der Waals surface area contributed by atoms with Crippen LogP contribution in [0.5, 0.6) is 23.0 Å². The Morgan fingerprint density at radius 1 is 0.524 bits per heavy atom. The largest absolute Gasteiger partial charge is 0.508 e. The molecule has 0 aliphatic carbocycles. The number of hydrogen-bond donors (Lipinski definition) is 4. The minimum atomic E-state index is -0.253. The summed E-state index contributed by atoms with van der Waals surface area (Å²) < 4.78 is 0. The molecule has 0 spiro atoms. The SMILES string of the molecule is Cc1cc(Cc2ccc(O)c(C(C)(C)C)c2)cc(C(C)c2cc(Cc3ccc(O)c(C(C)(C)C)c3)cc(C)c2O)c1O. The first-order chi connectivity index (χ1) is 19.5. The molecule has 0 saturated heterocycles.